The molecule has 10 heteroatoms. The van der Waals surface area contributed by atoms with Crippen LogP contribution in [-0.4, -0.2) is 83.6 Å². The normalized spacial score (nSPS) is 21.5. The van der Waals surface area contributed by atoms with Crippen molar-refractivity contribution in [2.75, 3.05) is 26.7 Å². The number of carbonyl (C=O) groups excluding carboxylic acids is 3. The van der Waals surface area contributed by atoms with E-state index in [0.717, 1.165) is 16.3 Å². The first kappa shape index (κ1) is 27.9. The minimum atomic E-state index is -1.16. The summed E-state index contributed by atoms with van der Waals surface area (Å²) in [5, 5.41) is 16.8. The molecule has 2 aliphatic heterocycles. The van der Waals surface area contributed by atoms with Crippen LogP contribution in [0.4, 0.5) is 4.79 Å². The van der Waals surface area contributed by atoms with Crippen LogP contribution in [0, 0.1) is 0 Å². The highest BCUT2D eigenvalue weighted by molar-refractivity contribution is 5.94. The molecule has 3 atom stereocenters. The molecule has 5 rings (SSSR count). The highest BCUT2D eigenvalue weighted by atomic mass is 16.5. The van der Waals surface area contributed by atoms with Gasteiger partial charge in [0.25, 0.3) is 5.91 Å². The largest absolute Gasteiger partial charge is 0.491 e. The van der Waals surface area contributed by atoms with Gasteiger partial charge in [0.15, 0.2) is 0 Å². The molecule has 3 N–H and O–H groups in total. The first-order valence-electron chi connectivity index (χ1n) is 13.8. The molecule has 4 amide bonds. The van der Waals surface area contributed by atoms with Crippen LogP contribution in [0.2, 0.25) is 0 Å². The summed E-state index contributed by atoms with van der Waals surface area (Å²) in [6.07, 6.45) is 0.125. The van der Waals surface area contributed by atoms with Crippen molar-refractivity contribution in [1.29, 1.82) is 0 Å². The van der Waals surface area contributed by atoms with E-state index < -0.39 is 24.2 Å². The lowest BCUT2D eigenvalue weighted by Crippen LogP contribution is -2.52. The van der Waals surface area contributed by atoms with Crippen molar-refractivity contribution >= 4 is 34.6 Å². The number of nitrogens with zero attached hydrogens (tertiary/aromatic N) is 2. The zero-order valence-electron chi connectivity index (χ0n) is 22.9. The first-order valence-corrected chi connectivity index (χ1v) is 13.8. The number of benzene rings is 3. The number of amides is 4. The number of ether oxygens (including phenoxy) is 1. The van der Waals surface area contributed by atoms with Gasteiger partial charge in [-0.15, -0.1) is 0 Å². The van der Waals surface area contributed by atoms with E-state index in [9.17, 15) is 24.3 Å². The van der Waals surface area contributed by atoms with E-state index in [-0.39, 0.29) is 37.3 Å². The standard InChI is InChI=1S/C31H34N4O6/c1-34-13-5-10-27(33-28(36)15-20-11-12-21-6-2-3-7-22(21)14-20)30(38)35-18-24(32-31(39)40)17-25(35)19-41-26-9-4-8-23(16-26)29(34)37/h2-4,6-9,11-12,14,16,24-25,27,32H,5,10,13,15,17-19H2,1H3,(H,33,36)(H,39,40)/t24-,25-,27-/m0/s1. The molecule has 0 aliphatic carbocycles. The van der Waals surface area contributed by atoms with E-state index in [2.05, 4.69) is 10.6 Å². The van der Waals surface area contributed by atoms with Crippen molar-refractivity contribution in [1.82, 2.24) is 20.4 Å². The van der Waals surface area contributed by atoms with Crippen LogP contribution in [0.1, 0.15) is 35.2 Å². The molecule has 2 aliphatic rings. The van der Waals surface area contributed by atoms with Crippen LogP contribution < -0.4 is 15.4 Å². The lowest BCUT2D eigenvalue weighted by Gasteiger charge is -2.30. The van der Waals surface area contributed by atoms with Gasteiger partial charge in [0.1, 0.15) is 18.4 Å². The van der Waals surface area contributed by atoms with Gasteiger partial charge in [-0.2, -0.15) is 0 Å². The van der Waals surface area contributed by atoms with Crippen LogP contribution >= 0.6 is 0 Å². The fraction of sp³-hybridized carbons (Fsp3) is 0.355. The Kier molecular flexibility index (Phi) is 8.37. The number of carbonyl (C=O) groups is 4. The van der Waals surface area contributed by atoms with Gasteiger partial charge >= 0.3 is 6.09 Å². The van der Waals surface area contributed by atoms with E-state index in [1.807, 2.05) is 42.5 Å². The Morgan fingerprint density at radius 1 is 1.00 bits per heavy atom. The maximum Gasteiger partial charge on any atom is 0.404 e. The molecule has 2 bridgehead atoms. The predicted molar refractivity (Wildman–Crippen MR) is 153 cm³/mol. The first-order chi connectivity index (χ1) is 19.8. The van der Waals surface area contributed by atoms with Crippen molar-refractivity contribution < 1.29 is 29.0 Å². The molecule has 41 heavy (non-hydrogen) atoms. The lowest BCUT2D eigenvalue weighted by molar-refractivity contribution is -0.137. The topological polar surface area (TPSA) is 128 Å². The van der Waals surface area contributed by atoms with E-state index in [1.54, 1.807) is 41.1 Å². The van der Waals surface area contributed by atoms with Crippen LogP contribution in [-0.2, 0) is 16.0 Å². The Morgan fingerprint density at radius 2 is 1.80 bits per heavy atom. The minimum Gasteiger partial charge on any atom is -0.491 e. The zero-order chi connectivity index (χ0) is 28.9. The van der Waals surface area contributed by atoms with Crippen molar-refractivity contribution in [3.8, 4) is 5.75 Å². The van der Waals surface area contributed by atoms with Crippen LogP contribution in [0.3, 0.4) is 0 Å². The number of carboxylic acid groups (broad SMARTS) is 1. The van der Waals surface area contributed by atoms with Gasteiger partial charge in [0.05, 0.1) is 18.5 Å². The molecule has 10 nitrogen and oxygen atoms in total. The molecule has 2 heterocycles. The van der Waals surface area contributed by atoms with Crippen molar-refractivity contribution in [3.05, 3.63) is 77.9 Å². The molecule has 3 aromatic rings. The van der Waals surface area contributed by atoms with Crippen molar-refractivity contribution in [2.24, 2.45) is 0 Å². The summed E-state index contributed by atoms with van der Waals surface area (Å²) in [5.41, 5.74) is 1.33. The molecule has 0 aromatic heterocycles. The van der Waals surface area contributed by atoms with E-state index in [1.165, 1.54) is 0 Å². The summed E-state index contributed by atoms with van der Waals surface area (Å²) in [5.74, 6) is -0.251. The predicted octanol–water partition coefficient (Wildman–Crippen LogP) is 3.05. The van der Waals surface area contributed by atoms with E-state index in [0.29, 0.717) is 37.1 Å². The summed E-state index contributed by atoms with van der Waals surface area (Å²) >= 11 is 0. The third-order valence-electron chi connectivity index (χ3n) is 7.69. The molecule has 0 unspecified atom stereocenters. The fourth-order valence-corrected chi connectivity index (χ4v) is 5.63. The van der Waals surface area contributed by atoms with Crippen LogP contribution in [0.25, 0.3) is 10.8 Å². The monoisotopic (exact) mass is 558 g/mol. The molecular formula is C31H34N4O6. The van der Waals surface area contributed by atoms with Gasteiger partial charge in [-0.05, 0) is 53.8 Å². The number of rotatable bonds is 4. The molecule has 1 saturated heterocycles. The summed E-state index contributed by atoms with van der Waals surface area (Å²) < 4.78 is 5.99. The molecule has 1 fully saturated rings. The Morgan fingerprint density at radius 3 is 2.61 bits per heavy atom. The van der Waals surface area contributed by atoms with Gasteiger partial charge in [0, 0.05) is 25.7 Å². The highest BCUT2D eigenvalue weighted by Crippen LogP contribution is 2.24. The number of fused-ring (bicyclic) bond motifs is 4. The van der Waals surface area contributed by atoms with Crippen LogP contribution in [0.5, 0.6) is 5.75 Å². The van der Waals surface area contributed by atoms with E-state index in [4.69, 9.17) is 4.74 Å². The summed E-state index contributed by atoms with van der Waals surface area (Å²) in [4.78, 5) is 54.7. The number of hydrogen-bond donors (Lipinski definition) is 3. The Balaban J connectivity index is 1.37. The second kappa shape index (κ2) is 12.3. The average molecular weight is 559 g/mol. The number of nitrogens with one attached hydrogen (secondary N) is 2. The summed E-state index contributed by atoms with van der Waals surface area (Å²) in [7, 11) is 1.70. The van der Waals surface area contributed by atoms with Crippen molar-refractivity contribution in [3.63, 3.8) is 0 Å². The highest BCUT2D eigenvalue weighted by Gasteiger charge is 2.39. The smallest absolute Gasteiger partial charge is 0.404 e. The lowest BCUT2D eigenvalue weighted by atomic mass is 10.0. The van der Waals surface area contributed by atoms with Crippen molar-refractivity contribution in [2.45, 2.75) is 43.8 Å². The Bertz CT molecular complexity index is 1460. The zero-order valence-corrected chi connectivity index (χ0v) is 22.9. The summed E-state index contributed by atoms with van der Waals surface area (Å²) in [6, 6.07) is 18.9. The van der Waals surface area contributed by atoms with Gasteiger partial charge in [-0.3, -0.25) is 14.4 Å². The van der Waals surface area contributed by atoms with Crippen LogP contribution in [0.15, 0.2) is 66.7 Å². The third-order valence-corrected chi connectivity index (χ3v) is 7.69. The van der Waals surface area contributed by atoms with Gasteiger partial charge in [0.2, 0.25) is 11.8 Å². The SMILES string of the molecule is CN1CCC[C@H](NC(=O)Cc2ccc3ccccc3c2)C(=O)N2C[C@@H](NC(=O)O)C[C@H]2COc2cccc(c2)C1=O. The van der Waals surface area contributed by atoms with E-state index >= 15 is 0 Å². The third kappa shape index (κ3) is 6.77. The Hall–Kier alpha value is -4.60. The molecule has 3 aromatic carbocycles. The fourth-order valence-electron chi connectivity index (χ4n) is 5.63. The average Bonchev–Trinajstić information content (AvgIpc) is 3.36. The Labute approximate surface area is 238 Å². The quantitative estimate of drug-likeness (QED) is 0.452. The minimum absolute atomic E-state index is 0.109. The van der Waals surface area contributed by atoms with Gasteiger partial charge < -0.3 is 30.3 Å². The molecule has 0 spiro atoms. The second-order valence-corrected chi connectivity index (χ2v) is 10.7. The molecule has 0 radical (unpaired) electrons. The van der Waals surface area contributed by atoms with Gasteiger partial charge in [-0.1, -0.05) is 48.5 Å². The molecule has 0 saturated carbocycles. The second-order valence-electron chi connectivity index (χ2n) is 10.7. The number of hydrogen-bond acceptors (Lipinski definition) is 5. The molecular weight excluding hydrogens is 524 g/mol. The maximum atomic E-state index is 13.9. The summed E-state index contributed by atoms with van der Waals surface area (Å²) in [6.45, 7) is 0.685. The van der Waals surface area contributed by atoms with Gasteiger partial charge in [-0.25, -0.2) is 4.79 Å². The molecule has 214 valence electrons. The maximum absolute atomic E-state index is 13.9.